The smallest absolute Gasteiger partial charge is 0.245 e. The number of aliphatic hydroxyl groups excluding tert-OH is 1. The van der Waals surface area contributed by atoms with Gasteiger partial charge in [-0.2, -0.15) is 4.31 Å². The molecule has 1 aromatic carbocycles. The molecule has 0 atom stereocenters. The van der Waals surface area contributed by atoms with Gasteiger partial charge in [0.05, 0.1) is 11.8 Å². The van der Waals surface area contributed by atoms with Crippen LogP contribution >= 0.6 is 15.9 Å². The van der Waals surface area contributed by atoms with Crippen LogP contribution in [0.1, 0.15) is 12.8 Å². The number of anilines is 1. The summed E-state index contributed by atoms with van der Waals surface area (Å²) in [6.45, 7) is 0.658. The summed E-state index contributed by atoms with van der Waals surface area (Å²) in [5.41, 5.74) is 5.97. The third kappa shape index (κ3) is 2.69. The molecule has 2 rings (SSSR count). The lowest BCUT2D eigenvalue weighted by molar-refractivity contribution is 0.113. The highest BCUT2D eigenvalue weighted by Crippen LogP contribution is 2.27. The fourth-order valence-corrected chi connectivity index (χ4v) is 4.08. The predicted octanol–water partition coefficient (Wildman–Crippen LogP) is 1.18. The normalized spacial score (nSPS) is 19.0. The fraction of sp³-hybridized carbons (Fsp3) is 0.455. The third-order valence-electron chi connectivity index (χ3n) is 3.02. The van der Waals surface area contributed by atoms with E-state index in [1.807, 2.05) is 0 Å². The first kappa shape index (κ1) is 13.8. The summed E-state index contributed by atoms with van der Waals surface area (Å²) in [6.07, 6.45) is 0.525. The lowest BCUT2D eigenvalue weighted by atomic mass is 10.1. The van der Waals surface area contributed by atoms with Gasteiger partial charge in [-0.3, -0.25) is 0 Å². The summed E-state index contributed by atoms with van der Waals surface area (Å²) in [6, 6.07) is 4.78. The number of rotatable bonds is 2. The molecule has 0 bridgehead atoms. The second kappa shape index (κ2) is 5.16. The lowest BCUT2D eigenvalue weighted by Crippen LogP contribution is -2.40. The van der Waals surface area contributed by atoms with Crippen LogP contribution in [0.15, 0.2) is 27.6 Å². The van der Waals surface area contributed by atoms with Crippen molar-refractivity contribution in [1.82, 2.24) is 4.31 Å². The standard InChI is InChI=1S/C11H15BrN2O3S/c12-8-1-2-10(13)11(7-8)18(16,17)14-5-3-9(15)4-6-14/h1-2,7,9,15H,3-6,13H2. The van der Waals surface area contributed by atoms with E-state index in [9.17, 15) is 13.5 Å². The van der Waals surface area contributed by atoms with Crippen molar-refractivity contribution in [2.75, 3.05) is 18.8 Å². The van der Waals surface area contributed by atoms with E-state index in [2.05, 4.69) is 15.9 Å². The molecule has 0 aromatic heterocycles. The quantitative estimate of drug-likeness (QED) is 0.795. The van der Waals surface area contributed by atoms with E-state index in [0.29, 0.717) is 30.4 Å². The van der Waals surface area contributed by atoms with E-state index in [1.165, 1.54) is 10.4 Å². The average molecular weight is 335 g/mol. The predicted molar refractivity (Wildman–Crippen MR) is 72.6 cm³/mol. The number of nitrogen functional groups attached to an aromatic ring is 1. The minimum absolute atomic E-state index is 0.119. The van der Waals surface area contributed by atoms with Crippen LogP contribution in [0.5, 0.6) is 0 Å². The summed E-state index contributed by atoms with van der Waals surface area (Å²) in [5.74, 6) is 0. The number of aliphatic hydroxyl groups is 1. The van der Waals surface area contributed by atoms with Crippen LogP contribution in [0.25, 0.3) is 0 Å². The molecule has 0 radical (unpaired) electrons. The topological polar surface area (TPSA) is 83.6 Å². The monoisotopic (exact) mass is 334 g/mol. The SMILES string of the molecule is Nc1ccc(Br)cc1S(=O)(=O)N1CCC(O)CC1. The van der Waals surface area contributed by atoms with Gasteiger partial charge in [0.25, 0.3) is 0 Å². The first-order valence-corrected chi connectivity index (χ1v) is 7.88. The molecule has 100 valence electrons. The van der Waals surface area contributed by atoms with E-state index in [-0.39, 0.29) is 10.6 Å². The number of benzene rings is 1. The zero-order valence-corrected chi connectivity index (χ0v) is 12.1. The van der Waals surface area contributed by atoms with Gasteiger partial charge < -0.3 is 10.8 Å². The molecular formula is C11H15BrN2O3S. The molecule has 18 heavy (non-hydrogen) atoms. The van der Waals surface area contributed by atoms with Gasteiger partial charge in [-0.05, 0) is 31.0 Å². The molecule has 1 saturated heterocycles. The molecule has 0 aliphatic carbocycles. The van der Waals surface area contributed by atoms with Crippen molar-refractivity contribution in [1.29, 1.82) is 0 Å². The van der Waals surface area contributed by atoms with Gasteiger partial charge >= 0.3 is 0 Å². The Balaban J connectivity index is 2.33. The molecule has 1 aliphatic heterocycles. The summed E-state index contributed by atoms with van der Waals surface area (Å²) < 4.78 is 26.9. The molecule has 0 unspecified atom stereocenters. The van der Waals surface area contributed by atoms with Crippen LogP contribution in [0.4, 0.5) is 5.69 Å². The molecule has 5 nitrogen and oxygen atoms in total. The van der Waals surface area contributed by atoms with Gasteiger partial charge in [-0.15, -0.1) is 0 Å². The zero-order chi connectivity index (χ0) is 13.3. The maximum absolute atomic E-state index is 12.4. The summed E-state index contributed by atoms with van der Waals surface area (Å²) in [5, 5.41) is 9.41. The lowest BCUT2D eigenvalue weighted by Gasteiger charge is -2.29. The minimum atomic E-state index is -3.57. The number of hydrogen-bond acceptors (Lipinski definition) is 4. The Morgan fingerprint density at radius 2 is 1.94 bits per heavy atom. The largest absolute Gasteiger partial charge is 0.398 e. The molecular weight excluding hydrogens is 320 g/mol. The Bertz CT molecular complexity index is 539. The van der Waals surface area contributed by atoms with Gasteiger partial charge in [0.15, 0.2) is 0 Å². The van der Waals surface area contributed by atoms with Crippen LogP contribution in [0.2, 0.25) is 0 Å². The molecule has 0 amide bonds. The van der Waals surface area contributed by atoms with Crippen LogP contribution in [0, 0.1) is 0 Å². The number of hydrogen-bond donors (Lipinski definition) is 2. The van der Waals surface area contributed by atoms with E-state index >= 15 is 0 Å². The molecule has 3 N–H and O–H groups in total. The molecule has 0 saturated carbocycles. The maximum Gasteiger partial charge on any atom is 0.245 e. The van der Waals surface area contributed by atoms with Crippen molar-refractivity contribution < 1.29 is 13.5 Å². The summed E-state index contributed by atoms with van der Waals surface area (Å²) >= 11 is 3.24. The minimum Gasteiger partial charge on any atom is -0.398 e. The van der Waals surface area contributed by atoms with Crippen LogP contribution in [-0.2, 0) is 10.0 Å². The number of nitrogens with two attached hydrogens (primary N) is 1. The van der Waals surface area contributed by atoms with E-state index in [1.54, 1.807) is 12.1 Å². The van der Waals surface area contributed by atoms with Gasteiger partial charge in [-0.1, -0.05) is 15.9 Å². The Kier molecular flexibility index (Phi) is 3.96. The van der Waals surface area contributed by atoms with E-state index in [4.69, 9.17) is 5.73 Å². The second-order valence-electron chi connectivity index (χ2n) is 4.32. The summed E-state index contributed by atoms with van der Waals surface area (Å²) in [4.78, 5) is 0.119. The number of sulfonamides is 1. The maximum atomic E-state index is 12.4. The van der Waals surface area contributed by atoms with Gasteiger partial charge in [0, 0.05) is 17.6 Å². The van der Waals surface area contributed by atoms with Crippen molar-refractivity contribution in [3.05, 3.63) is 22.7 Å². The Hall–Kier alpha value is -0.630. The van der Waals surface area contributed by atoms with Crippen molar-refractivity contribution in [3.63, 3.8) is 0 Å². The van der Waals surface area contributed by atoms with E-state index < -0.39 is 16.1 Å². The molecule has 7 heteroatoms. The highest BCUT2D eigenvalue weighted by Gasteiger charge is 2.30. The van der Waals surface area contributed by atoms with Crippen LogP contribution < -0.4 is 5.73 Å². The van der Waals surface area contributed by atoms with Crippen LogP contribution in [-0.4, -0.2) is 37.0 Å². The first-order valence-electron chi connectivity index (χ1n) is 5.64. The third-order valence-corrected chi connectivity index (χ3v) is 5.46. The fourth-order valence-electron chi connectivity index (χ4n) is 1.95. The highest BCUT2D eigenvalue weighted by atomic mass is 79.9. The summed E-state index contributed by atoms with van der Waals surface area (Å²) in [7, 11) is -3.57. The van der Waals surface area contributed by atoms with Gasteiger partial charge in [-0.25, -0.2) is 8.42 Å². The Morgan fingerprint density at radius 1 is 1.33 bits per heavy atom. The van der Waals surface area contributed by atoms with Crippen molar-refractivity contribution in [2.45, 2.75) is 23.8 Å². The number of nitrogens with zero attached hydrogens (tertiary/aromatic N) is 1. The number of halogens is 1. The first-order chi connectivity index (χ1) is 8.41. The molecule has 1 heterocycles. The highest BCUT2D eigenvalue weighted by molar-refractivity contribution is 9.10. The van der Waals surface area contributed by atoms with Crippen LogP contribution in [0.3, 0.4) is 0 Å². The van der Waals surface area contributed by atoms with Gasteiger partial charge in [0.1, 0.15) is 4.90 Å². The molecule has 1 aromatic rings. The molecule has 0 spiro atoms. The second-order valence-corrected chi connectivity index (χ2v) is 7.14. The number of piperidine rings is 1. The van der Waals surface area contributed by atoms with Crippen molar-refractivity contribution in [3.8, 4) is 0 Å². The van der Waals surface area contributed by atoms with Crippen molar-refractivity contribution >= 4 is 31.6 Å². The van der Waals surface area contributed by atoms with Crippen molar-refractivity contribution in [2.24, 2.45) is 0 Å². The van der Waals surface area contributed by atoms with E-state index in [0.717, 1.165) is 0 Å². The zero-order valence-electron chi connectivity index (χ0n) is 9.71. The molecule has 1 fully saturated rings. The molecule has 1 aliphatic rings. The Labute approximate surface area is 115 Å². The Morgan fingerprint density at radius 3 is 2.56 bits per heavy atom. The van der Waals surface area contributed by atoms with Gasteiger partial charge in [0.2, 0.25) is 10.0 Å². The average Bonchev–Trinajstić information content (AvgIpc) is 2.32.